The van der Waals surface area contributed by atoms with Crippen LogP contribution in [-0.4, -0.2) is 36.9 Å². The summed E-state index contributed by atoms with van der Waals surface area (Å²) >= 11 is 0. The van der Waals surface area contributed by atoms with Crippen molar-refractivity contribution in [3.63, 3.8) is 0 Å². The second-order valence-corrected chi connectivity index (χ2v) is 3.70. The predicted molar refractivity (Wildman–Crippen MR) is 52.9 cm³/mol. The molecule has 1 unspecified atom stereocenters. The molecular weight excluding hydrogens is 182 g/mol. The Morgan fingerprint density at radius 1 is 1.57 bits per heavy atom. The van der Waals surface area contributed by atoms with Gasteiger partial charge in [-0.05, 0) is 45.2 Å². The Morgan fingerprint density at radius 3 is 2.79 bits per heavy atom. The fourth-order valence-corrected chi connectivity index (χ4v) is 1.77. The maximum absolute atomic E-state index is 11.1. The summed E-state index contributed by atoms with van der Waals surface area (Å²) in [6.07, 6.45) is 1.69. The average Bonchev–Trinajstić information content (AvgIpc) is 2.19. The molecule has 1 aliphatic rings. The first kappa shape index (κ1) is 11.5. The minimum atomic E-state index is -0.932. The van der Waals surface area contributed by atoms with Crippen LogP contribution < -0.4 is 5.32 Å². The zero-order valence-corrected chi connectivity index (χ0v) is 8.66. The van der Waals surface area contributed by atoms with E-state index in [0.717, 1.165) is 25.9 Å². The third kappa shape index (κ3) is 3.64. The zero-order chi connectivity index (χ0) is 10.4. The van der Waals surface area contributed by atoms with Crippen LogP contribution in [0.25, 0.3) is 0 Å². The van der Waals surface area contributed by atoms with Crippen molar-refractivity contribution in [1.29, 1.82) is 0 Å². The topological polar surface area (TPSA) is 58.6 Å². The van der Waals surface area contributed by atoms with Crippen LogP contribution in [-0.2, 0) is 9.53 Å². The maximum Gasteiger partial charge on any atom is 0.334 e. The Balaban J connectivity index is 2.24. The predicted octanol–water partition coefficient (Wildman–Crippen LogP) is 0.300. The molecular formula is C10H19NO3. The molecule has 0 bridgehead atoms. The van der Waals surface area contributed by atoms with Crippen molar-refractivity contribution in [2.24, 2.45) is 5.92 Å². The lowest BCUT2D eigenvalue weighted by Crippen LogP contribution is -2.32. The molecule has 0 saturated carbocycles. The van der Waals surface area contributed by atoms with Crippen molar-refractivity contribution in [3.05, 3.63) is 0 Å². The van der Waals surface area contributed by atoms with Crippen LogP contribution in [0, 0.1) is 5.92 Å². The quantitative estimate of drug-likeness (QED) is 0.642. The lowest BCUT2D eigenvalue weighted by Gasteiger charge is -2.23. The highest BCUT2D eigenvalue weighted by atomic mass is 16.5. The lowest BCUT2D eigenvalue weighted by molar-refractivity contribution is -0.154. The SMILES string of the molecule is CCOC(=O)C(O)CC1CCNCC1. The minimum Gasteiger partial charge on any atom is -0.464 e. The van der Waals surface area contributed by atoms with Gasteiger partial charge in [-0.2, -0.15) is 0 Å². The fraction of sp³-hybridized carbons (Fsp3) is 0.900. The largest absolute Gasteiger partial charge is 0.464 e. The van der Waals surface area contributed by atoms with Gasteiger partial charge in [0.1, 0.15) is 0 Å². The van der Waals surface area contributed by atoms with Gasteiger partial charge in [0.15, 0.2) is 6.10 Å². The highest BCUT2D eigenvalue weighted by Crippen LogP contribution is 2.18. The van der Waals surface area contributed by atoms with E-state index in [9.17, 15) is 9.90 Å². The van der Waals surface area contributed by atoms with Gasteiger partial charge in [-0.15, -0.1) is 0 Å². The Labute approximate surface area is 84.6 Å². The molecule has 1 atom stereocenters. The Hall–Kier alpha value is -0.610. The van der Waals surface area contributed by atoms with Crippen LogP contribution in [0.5, 0.6) is 0 Å². The Bertz CT molecular complexity index is 178. The number of aliphatic hydroxyl groups excluding tert-OH is 1. The summed E-state index contributed by atoms with van der Waals surface area (Å²) in [7, 11) is 0. The zero-order valence-electron chi connectivity index (χ0n) is 8.66. The van der Waals surface area contributed by atoms with E-state index in [1.54, 1.807) is 6.92 Å². The molecule has 1 saturated heterocycles. The van der Waals surface area contributed by atoms with Gasteiger partial charge in [0.25, 0.3) is 0 Å². The molecule has 1 fully saturated rings. The number of rotatable bonds is 4. The first-order valence-electron chi connectivity index (χ1n) is 5.29. The number of hydrogen-bond donors (Lipinski definition) is 2. The van der Waals surface area contributed by atoms with Gasteiger partial charge >= 0.3 is 5.97 Å². The van der Waals surface area contributed by atoms with Crippen molar-refractivity contribution in [2.75, 3.05) is 19.7 Å². The smallest absolute Gasteiger partial charge is 0.334 e. The summed E-state index contributed by atoms with van der Waals surface area (Å²) in [6, 6.07) is 0. The maximum atomic E-state index is 11.1. The van der Waals surface area contributed by atoms with E-state index in [2.05, 4.69) is 5.32 Å². The number of carbonyl (C=O) groups excluding carboxylic acids is 1. The normalized spacial score (nSPS) is 20.4. The van der Waals surface area contributed by atoms with Gasteiger partial charge in [-0.1, -0.05) is 0 Å². The molecule has 0 aliphatic carbocycles. The van der Waals surface area contributed by atoms with E-state index in [1.165, 1.54) is 0 Å². The molecule has 4 nitrogen and oxygen atoms in total. The van der Waals surface area contributed by atoms with Gasteiger partial charge < -0.3 is 15.2 Å². The fourth-order valence-electron chi connectivity index (χ4n) is 1.77. The number of ether oxygens (including phenoxy) is 1. The summed E-state index contributed by atoms with van der Waals surface area (Å²) in [5.41, 5.74) is 0. The molecule has 0 aromatic rings. The van der Waals surface area contributed by atoms with Gasteiger partial charge in [-0.25, -0.2) is 4.79 Å². The number of esters is 1. The number of nitrogens with one attached hydrogen (secondary N) is 1. The summed E-state index contributed by atoms with van der Waals surface area (Å²) in [5.74, 6) is -0.0262. The van der Waals surface area contributed by atoms with E-state index < -0.39 is 12.1 Å². The Kier molecular flexibility index (Phi) is 4.90. The van der Waals surface area contributed by atoms with Crippen molar-refractivity contribution in [3.8, 4) is 0 Å². The molecule has 1 aliphatic heterocycles. The lowest BCUT2D eigenvalue weighted by atomic mass is 9.92. The molecule has 82 valence electrons. The minimum absolute atomic E-state index is 0.335. The Morgan fingerprint density at radius 2 is 2.21 bits per heavy atom. The molecule has 0 amide bonds. The van der Waals surface area contributed by atoms with Crippen molar-refractivity contribution in [2.45, 2.75) is 32.3 Å². The molecule has 14 heavy (non-hydrogen) atoms. The molecule has 4 heteroatoms. The molecule has 1 heterocycles. The third-order valence-corrected chi connectivity index (χ3v) is 2.57. The summed E-state index contributed by atoms with van der Waals surface area (Å²) in [6.45, 7) is 4.05. The molecule has 0 aromatic carbocycles. The van der Waals surface area contributed by atoms with Crippen LogP contribution in [0.1, 0.15) is 26.2 Å². The van der Waals surface area contributed by atoms with E-state index in [0.29, 0.717) is 18.9 Å². The summed E-state index contributed by atoms with van der Waals surface area (Å²) < 4.78 is 4.74. The van der Waals surface area contributed by atoms with Gasteiger partial charge in [0, 0.05) is 0 Å². The molecule has 2 N–H and O–H groups in total. The summed E-state index contributed by atoms with van der Waals surface area (Å²) in [5, 5.41) is 12.8. The molecule has 0 radical (unpaired) electrons. The van der Waals surface area contributed by atoms with E-state index in [-0.39, 0.29) is 0 Å². The number of piperidine rings is 1. The highest BCUT2D eigenvalue weighted by Gasteiger charge is 2.22. The molecule has 1 rings (SSSR count). The van der Waals surface area contributed by atoms with Crippen LogP contribution in [0.2, 0.25) is 0 Å². The van der Waals surface area contributed by atoms with Crippen LogP contribution in [0.15, 0.2) is 0 Å². The average molecular weight is 201 g/mol. The first-order valence-corrected chi connectivity index (χ1v) is 5.29. The number of hydrogen-bond acceptors (Lipinski definition) is 4. The number of carbonyl (C=O) groups is 1. The van der Waals surface area contributed by atoms with Crippen LogP contribution in [0.3, 0.4) is 0 Å². The summed E-state index contributed by atoms with van der Waals surface area (Å²) in [4.78, 5) is 11.1. The van der Waals surface area contributed by atoms with Crippen LogP contribution >= 0.6 is 0 Å². The van der Waals surface area contributed by atoms with Crippen LogP contribution in [0.4, 0.5) is 0 Å². The van der Waals surface area contributed by atoms with E-state index >= 15 is 0 Å². The standard InChI is InChI=1S/C10H19NO3/c1-2-14-10(13)9(12)7-8-3-5-11-6-4-8/h8-9,11-12H,2-7H2,1H3. The number of aliphatic hydroxyl groups is 1. The van der Waals surface area contributed by atoms with E-state index in [4.69, 9.17) is 4.74 Å². The van der Waals surface area contributed by atoms with Gasteiger partial charge in [-0.3, -0.25) is 0 Å². The second kappa shape index (κ2) is 5.98. The van der Waals surface area contributed by atoms with Crippen molar-refractivity contribution < 1.29 is 14.6 Å². The third-order valence-electron chi connectivity index (χ3n) is 2.57. The highest BCUT2D eigenvalue weighted by molar-refractivity contribution is 5.74. The van der Waals surface area contributed by atoms with E-state index in [1.807, 2.05) is 0 Å². The first-order chi connectivity index (χ1) is 6.74. The van der Waals surface area contributed by atoms with Gasteiger partial charge in [0.2, 0.25) is 0 Å². The second-order valence-electron chi connectivity index (χ2n) is 3.70. The monoisotopic (exact) mass is 201 g/mol. The van der Waals surface area contributed by atoms with Crippen molar-refractivity contribution in [1.82, 2.24) is 5.32 Å². The van der Waals surface area contributed by atoms with Crippen molar-refractivity contribution >= 4 is 5.97 Å². The molecule has 0 spiro atoms. The molecule has 0 aromatic heterocycles. The van der Waals surface area contributed by atoms with Gasteiger partial charge in [0.05, 0.1) is 6.61 Å².